The summed E-state index contributed by atoms with van der Waals surface area (Å²) >= 11 is 0.945. The SMILES string of the molecule is CC(=O)O[C@@H]1[C@@H](OC(C)=O)[C@@H](Oc2cnccc2C(F)(F)F)SC[C@H]1OC(C)=O. The van der Waals surface area contributed by atoms with Crippen molar-refractivity contribution in [2.24, 2.45) is 0 Å². The van der Waals surface area contributed by atoms with Crippen LogP contribution in [-0.4, -0.2) is 52.4 Å². The minimum atomic E-state index is -4.70. The van der Waals surface area contributed by atoms with Gasteiger partial charge in [-0.2, -0.15) is 13.2 Å². The first-order valence-corrected chi connectivity index (χ1v) is 9.35. The first-order valence-electron chi connectivity index (χ1n) is 8.30. The van der Waals surface area contributed by atoms with Gasteiger partial charge in [-0.15, -0.1) is 11.8 Å². The second-order valence-electron chi connectivity index (χ2n) is 5.99. The number of rotatable bonds is 5. The fourth-order valence-electron chi connectivity index (χ4n) is 2.64. The molecule has 12 heteroatoms. The molecule has 0 spiro atoms. The molecule has 0 amide bonds. The lowest BCUT2D eigenvalue weighted by atomic mass is 10.1. The lowest BCUT2D eigenvalue weighted by Gasteiger charge is -2.40. The molecule has 1 aromatic rings. The number of thioether (sulfide) groups is 1. The third-order valence-corrected chi connectivity index (χ3v) is 4.85. The molecular formula is C17H18F3NO7S. The third-order valence-electron chi connectivity index (χ3n) is 3.64. The van der Waals surface area contributed by atoms with Crippen LogP contribution in [-0.2, 0) is 34.8 Å². The molecule has 1 aliphatic heterocycles. The van der Waals surface area contributed by atoms with Crippen molar-refractivity contribution in [3.8, 4) is 5.75 Å². The van der Waals surface area contributed by atoms with E-state index in [1.165, 1.54) is 0 Å². The second kappa shape index (κ2) is 9.33. The van der Waals surface area contributed by atoms with Gasteiger partial charge in [0.2, 0.25) is 0 Å². The average Bonchev–Trinajstić information content (AvgIpc) is 2.58. The molecule has 0 bridgehead atoms. The van der Waals surface area contributed by atoms with E-state index in [0.717, 1.165) is 51.0 Å². The Labute approximate surface area is 168 Å². The van der Waals surface area contributed by atoms with Crippen LogP contribution in [0.25, 0.3) is 0 Å². The van der Waals surface area contributed by atoms with E-state index in [1.807, 2.05) is 0 Å². The Kier molecular flexibility index (Phi) is 7.33. The van der Waals surface area contributed by atoms with Crippen LogP contribution in [0.3, 0.4) is 0 Å². The van der Waals surface area contributed by atoms with Gasteiger partial charge in [0.25, 0.3) is 0 Å². The van der Waals surface area contributed by atoms with Gasteiger partial charge in [-0.1, -0.05) is 0 Å². The van der Waals surface area contributed by atoms with Gasteiger partial charge in [-0.25, -0.2) is 0 Å². The number of aromatic nitrogens is 1. The number of carbonyl (C=O) groups excluding carboxylic acids is 3. The van der Waals surface area contributed by atoms with Gasteiger partial charge in [-0.3, -0.25) is 19.4 Å². The Morgan fingerprint density at radius 2 is 1.62 bits per heavy atom. The largest absolute Gasteiger partial charge is 0.473 e. The van der Waals surface area contributed by atoms with E-state index in [9.17, 15) is 27.6 Å². The maximum absolute atomic E-state index is 13.2. The summed E-state index contributed by atoms with van der Waals surface area (Å²) in [6, 6.07) is 0.745. The number of pyridine rings is 1. The molecule has 2 rings (SSSR count). The van der Waals surface area contributed by atoms with E-state index in [1.54, 1.807) is 0 Å². The summed E-state index contributed by atoms with van der Waals surface area (Å²) in [6.45, 7) is 3.31. The zero-order valence-electron chi connectivity index (χ0n) is 15.6. The van der Waals surface area contributed by atoms with Gasteiger partial charge in [0.15, 0.2) is 29.5 Å². The highest BCUT2D eigenvalue weighted by atomic mass is 32.2. The zero-order chi connectivity index (χ0) is 21.8. The number of hydrogen-bond acceptors (Lipinski definition) is 9. The number of halogens is 3. The van der Waals surface area contributed by atoms with Crippen LogP contribution in [0.2, 0.25) is 0 Å². The third kappa shape index (κ3) is 6.24. The van der Waals surface area contributed by atoms with Crippen molar-refractivity contribution in [3.63, 3.8) is 0 Å². The second-order valence-corrected chi connectivity index (χ2v) is 7.12. The quantitative estimate of drug-likeness (QED) is 0.507. The molecule has 4 atom stereocenters. The minimum Gasteiger partial charge on any atom is -0.473 e. The summed E-state index contributed by atoms with van der Waals surface area (Å²) in [5, 5.41) is 0. The van der Waals surface area contributed by atoms with Crippen LogP contribution in [0.1, 0.15) is 26.3 Å². The van der Waals surface area contributed by atoms with Gasteiger partial charge >= 0.3 is 24.1 Å². The molecule has 2 heterocycles. The number of carbonyl (C=O) groups is 3. The first-order chi connectivity index (χ1) is 13.5. The van der Waals surface area contributed by atoms with Gasteiger partial charge in [0.1, 0.15) is 5.56 Å². The standard InChI is InChI=1S/C17H18F3NO7S/c1-8(22)25-13-7-29-16(15(27-10(3)24)14(13)26-9(2)23)28-12-6-21-5-4-11(12)17(18,19)20/h4-6,13-16H,7H2,1-3H3/t13-,14+,15-,16+/m1/s1. The highest BCUT2D eigenvalue weighted by Crippen LogP contribution is 2.39. The van der Waals surface area contributed by atoms with E-state index in [2.05, 4.69) is 4.98 Å². The molecule has 8 nitrogen and oxygen atoms in total. The molecule has 1 aromatic heterocycles. The van der Waals surface area contributed by atoms with E-state index in [4.69, 9.17) is 18.9 Å². The molecule has 0 saturated carbocycles. The van der Waals surface area contributed by atoms with Gasteiger partial charge < -0.3 is 18.9 Å². The predicted molar refractivity (Wildman–Crippen MR) is 92.8 cm³/mol. The Bertz CT molecular complexity index is 774. The van der Waals surface area contributed by atoms with Gasteiger partial charge in [0, 0.05) is 32.7 Å². The van der Waals surface area contributed by atoms with Crippen LogP contribution in [0, 0.1) is 0 Å². The normalized spacial score (nSPS) is 24.3. The summed E-state index contributed by atoms with van der Waals surface area (Å²) < 4.78 is 60.6. The molecule has 1 aliphatic rings. The number of alkyl halides is 3. The molecule has 160 valence electrons. The molecule has 0 unspecified atom stereocenters. The molecule has 1 saturated heterocycles. The van der Waals surface area contributed by atoms with Crippen LogP contribution < -0.4 is 4.74 Å². The maximum atomic E-state index is 13.2. The lowest BCUT2D eigenvalue weighted by molar-refractivity contribution is -0.186. The highest BCUT2D eigenvalue weighted by Gasteiger charge is 2.48. The maximum Gasteiger partial charge on any atom is 0.420 e. The predicted octanol–water partition coefficient (Wildman–Crippen LogP) is 2.35. The Morgan fingerprint density at radius 1 is 1.03 bits per heavy atom. The highest BCUT2D eigenvalue weighted by molar-refractivity contribution is 7.99. The Hall–Kier alpha value is -2.50. The van der Waals surface area contributed by atoms with E-state index in [-0.39, 0.29) is 5.75 Å². The fourth-order valence-corrected chi connectivity index (χ4v) is 3.85. The van der Waals surface area contributed by atoms with Crippen molar-refractivity contribution < 1.29 is 46.5 Å². The topological polar surface area (TPSA) is 101 Å². The van der Waals surface area contributed by atoms with E-state index >= 15 is 0 Å². The monoisotopic (exact) mass is 437 g/mol. The lowest BCUT2D eigenvalue weighted by Crippen LogP contribution is -2.55. The molecule has 1 fully saturated rings. The van der Waals surface area contributed by atoms with Crippen LogP contribution >= 0.6 is 11.8 Å². The Balaban J connectivity index is 2.37. The van der Waals surface area contributed by atoms with Crippen LogP contribution in [0.4, 0.5) is 13.2 Å². The number of esters is 3. The van der Waals surface area contributed by atoms with Crippen molar-refractivity contribution in [3.05, 3.63) is 24.0 Å². The van der Waals surface area contributed by atoms with Crippen LogP contribution in [0.5, 0.6) is 5.75 Å². The molecule has 0 aromatic carbocycles. The zero-order valence-corrected chi connectivity index (χ0v) is 16.4. The van der Waals surface area contributed by atoms with Crippen molar-refractivity contribution in [2.75, 3.05) is 5.75 Å². The molecule has 0 aliphatic carbocycles. The van der Waals surface area contributed by atoms with Gasteiger partial charge in [-0.05, 0) is 6.07 Å². The van der Waals surface area contributed by atoms with E-state index < -0.39 is 59.1 Å². The minimum absolute atomic E-state index is 0.0293. The molecular weight excluding hydrogens is 419 g/mol. The summed E-state index contributed by atoms with van der Waals surface area (Å²) in [5.41, 5.74) is -2.25. The smallest absolute Gasteiger partial charge is 0.420 e. The summed E-state index contributed by atoms with van der Waals surface area (Å²) in [7, 11) is 0. The summed E-state index contributed by atoms with van der Waals surface area (Å²) in [4.78, 5) is 38.1. The van der Waals surface area contributed by atoms with Crippen LogP contribution in [0.15, 0.2) is 18.5 Å². The number of ether oxygens (including phenoxy) is 4. The van der Waals surface area contributed by atoms with Crippen molar-refractivity contribution >= 4 is 29.7 Å². The molecule has 0 radical (unpaired) electrons. The van der Waals surface area contributed by atoms with Crippen molar-refractivity contribution in [1.29, 1.82) is 0 Å². The molecule has 0 N–H and O–H groups in total. The van der Waals surface area contributed by atoms with Crippen molar-refractivity contribution in [2.45, 2.75) is 50.7 Å². The first kappa shape index (κ1) is 22.8. The van der Waals surface area contributed by atoms with Gasteiger partial charge in [0.05, 0.1) is 6.20 Å². The number of hydrogen-bond donors (Lipinski definition) is 0. The average molecular weight is 437 g/mol. The summed E-state index contributed by atoms with van der Waals surface area (Å²) in [6.07, 6.45) is -6.44. The summed E-state index contributed by atoms with van der Waals surface area (Å²) in [5.74, 6) is -2.76. The van der Waals surface area contributed by atoms with E-state index in [0.29, 0.717) is 0 Å². The van der Waals surface area contributed by atoms with Crippen molar-refractivity contribution in [1.82, 2.24) is 4.98 Å². The number of nitrogens with zero attached hydrogens (tertiary/aromatic N) is 1. The molecule has 29 heavy (non-hydrogen) atoms. The fraction of sp³-hybridized carbons (Fsp3) is 0.529. The Morgan fingerprint density at radius 3 is 2.17 bits per heavy atom.